The lowest BCUT2D eigenvalue weighted by atomic mass is 10.1. The Bertz CT molecular complexity index is 968. The number of thioether (sulfide) groups is 1. The molecule has 0 unspecified atom stereocenters. The summed E-state index contributed by atoms with van der Waals surface area (Å²) in [5.74, 6) is 0.508. The van der Waals surface area contributed by atoms with Crippen molar-refractivity contribution < 1.29 is 14.0 Å². The number of para-hydroxylation sites is 1. The van der Waals surface area contributed by atoms with Crippen LogP contribution in [0.3, 0.4) is 0 Å². The number of furan rings is 1. The summed E-state index contributed by atoms with van der Waals surface area (Å²) in [6.07, 6.45) is 1.56. The van der Waals surface area contributed by atoms with Gasteiger partial charge in [0.05, 0.1) is 29.8 Å². The minimum atomic E-state index is -0.269. The maximum Gasteiger partial charge on any atom is 0.253 e. The normalized spacial score (nSPS) is 10.5. The van der Waals surface area contributed by atoms with Crippen molar-refractivity contribution in [2.45, 2.75) is 25.3 Å². The Morgan fingerprint density at radius 2 is 1.82 bits per heavy atom. The molecule has 28 heavy (non-hydrogen) atoms. The second-order valence-corrected chi connectivity index (χ2v) is 7.44. The summed E-state index contributed by atoms with van der Waals surface area (Å²) in [6.45, 7) is 4.40. The number of carbonyl (C=O) groups excluding carboxylic acids is 2. The van der Waals surface area contributed by atoms with Crippen LogP contribution in [-0.4, -0.2) is 17.6 Å². The van der Waals surface area contributed by atoms with Crippen LogP contribution in [-0.2, 0) is 11.3 Å². The Kier molecular flexibility index (Phi) is 6.55. The lowest BCUT2D eigenvalue weighted by molar-refractivity contribution is -0.113. The van der Waals surface area contributed by atoms with Gasteiger partial charge in [-0.25, -0.2) is 0 Å². The first-order valence-corrected chi connectivity index (χ1v) is 9.91. The molecular weight excluding hydrogens is 372 g/mol. The molecule has 1 heterocycles. The minimum absolute atomic E-state index is 0.158. The molecule has 0 saturated carbocycles. The SMILES string of the molecule is Cc1ccc(SCC(=O)Nc2ccccc2C(=O)NCc2ccco2)cc1C. The van der Waals surface area contributed by atoms with E-state index in [-0.39, 0.29) is 24.1 Å². The second-order valence-electron chi connectivity index (χ2n) is 6.39. The van der Waals surface area contributed by atoms with Gasteiger partial charge in [-0.05, 0) is 61.4 Å². The van der Waals surface area contributed by atoms with E-state index in [0.717, 1.165) is 4.90 Å². The van der Waals surface area contributed by atoms with E-state index in [1.165, 1.54) is 22.9 Å². The summed E-state index contributed by atoms with van der Waals surface area (Å²) in [5, 5.41) is 5.63. The van der Waals surface area contributed by atoms with Crippen LogP contribution >= 0.6 is 11.8 Å². The van der Waals surface area contributed by atoms with E-state index in [9.17, 15) is 9.59 Å². The maximum absolute atomic E-state index is 12.5. The van der Waals surface area contributed by atoms with E-state index in [2.05, 4.69) is 30.5 Å². The third kappa shape index (κ3) is 5.27. The molecule has 144 valence electrons. The van der Waals surface area contributed by atoms with Crippen LogP contribution in [0.1, 0.15) is 27.2 Å². The van der Waals surface area contributed by atoms with Crippen LogP contribution in [0.2, 0.25) is 0 Å². The van der Waals surface area contributed by atoms with Gasteiger partial charge in [0, 0.05) is 4.90 Å². The first-order chi connectivity index (χ1) is 13.5. The molecule has 0 saturated heterocycles. The minimum Gasteiger partial charge on any atom is -0.467 e. The van der Waals surface area contributed by atoms with Crippen LogP contribution in [0.4, 0.5) is 5.69 Å². The van der Waals surface area contributed by atoms with Gasteiger partial charge in [-0.2, -0.15) is 0 Å². The molecule has 0 aliphatic rings. The Balaban J connectivity index is 1.59. The number of benzene rings is 2. The standard InChI is InChI=1S/C22H22N2O3S/c1-15-9-10-18(12-16(15)2)28-14-21(25)24-20-8-4-3-7-19(20)22(26)23-13-17-6-5-11-27-17/h3-12H,13-14H2,1-2H3,(H,23,26)(H,24,25). The topological polar surface area (TPSA) is 71.3 Å². The van der Waals surface area contributed by atoms with Gasteiger partial charge < -0.3 is 15.1 Å². The summed E-state index contributed by atoms with van der Waals surface area (Å²) < 4.78 is 5.22. The summed E-state index contributed by atoms with van der Waals surface area (Å²) in [7, 11) is 0. The molecule has 0 spiro atoms. The zero-order chi connectivity index (χ0) is 19.9. The van der Waals surface area contributed by atoms with Crippen molar-refractivity contribution in [3.05, 3.63) is 83.3 Å². The van der Waals surface area contributed by atoms with Crippen LogP contribution < -0.4 is 10.6 Å². The molecule has 0 aliphatic heterocycles. The first kappa shape index (κ1) is 19.8. The molecule has 1 aromatic heterocycles. The molecule has 2 amide bonds. The van der Waals surface area contributed by atoms with E-state index in [4.69, 9.17) is 4.42 Å². The van der Waals surface area contributed by atoms with Gasteiger partial charge in [0.1, 0.15) is 5.76 Å². The molecule has 3 aromatic rings. The van der Waals surface area contributed by atoms with E-state index >= 15 is 0 Å². The van der Waals surface area contributed by atoms with Gasteiger partial charge in [-0.3, -0.25) is 9.59 Å². The van der Waals surface area contributed by atoms with Gasteiger partial charge >= 0.3 is 0 Å². The largest absolute Gasteiger partial charge is 0.467 e. The van der Waals surface area contributed by atoms with E-state index in [1.807, 2.05) is 12.1 Å². The maximum atomic E-state index is 12.5. The highest BCUT2D eigenvalue weighted by molar-refractivity contribution is 8.00. The molecule has 2 aromatic carbocycles. The molecular formula is C22H22N2O3S. The number of hydrogen-bond acceptors (Lipinski definition) is 4. The van der Waals surface area contributed by atoms with Crippen LogP contribution in [0.15, 0.2) is 70.2 Å². The average Bonchev–Trinajstić information content (AvgIpc) is 3.21. The fourth-order valence-electron chi connectivity index (χ4n) is 2.60. The Labute approximate surface area is 168 Å². The van der Waals surface area contributed by atoms with Crippen LogP contribution in [0, 0.1) is 13.8 Å². The van der Waals surface area contributed by atoms with Crippen molar-refractivity contribution in [1.29, 1.82) is 0 Å². The highest BCUT2D eigenvalue weighted by Crippen LogP contribution is 2.22. The average molecular weight is 394 g/mol. The first-order valence-electron chi connectivity index (χ1n) is 8.92. The Hall–Kier alpha value is -2.99. The summed E-state index contributed by atoms with van der Waals surface area (Å²) >= 11 is 1.47. The van der Waals surface area contributed by atoms with Crippen molar-refractivity contribution >= 4 is 29.3 Å². The second kappa shape index (κ2) is 9.28. The van der Waals surface area contributed by atoms with Gasteiger partial charge in [-0.15, -0.1) is 11.8 Å². The summed E-state index contributed by atoms with van der Waals surface area (Å²) in [5.41, 5.74) is 3.33. The number of rotatable bonds is 7. The van der Waals surface area contributed by atoms with Crippen molar-refractivity contribution in [3.63, 3.8) is 0 Å². The third-order valence-corrected chi connectivity index (χ3v) is 5.29. The zero-order valence-electron chi connectivity index (χ0n) is 15.8. The smallest absolute Gasteiger partial charge is 0.253 e. The summed E-state index contributed by atoms with van der Waals surface area (Å²) in [4.78, 5) is 25.9. The Morgan fingerprint density at radius 1 is 1.00 bits per heavy atom. The molecule has 0 fully saturated rings. The van der Waals surface area contributed by atoms with Crippen molar-refractivity contribution in [2.24, 2.45) is 0 Å². The highest BCUT2D eigenvalue weighted by Gasteiger charge is 2.13. The van der Waals surface area contributed by atoms with Gasteiger partial charge in [-0.1, -0.05) is 18.2 Å². The number of anilines is 1. The molecule has 0 bridgehead atoms. The predicted octanol–water partition coefficient (Wildman–Crippen LogP) is 4.56. The van der Waals surface area contributed by atoms with Gasteiger partial charge in [0.25, 0.3) is 5.91 Å². The van der Waals surface area contributed by atoms with E-state index < -0.39 is 0 Å². The third-order valence-electron chi connectivity index (χ3n) is 4.30. The quantitative estimate of drug-likeness (QED) is 0.577. The lowest BCUT2D eigenvalue weighted by Gasteiger charge is -2.11. The Morgan fingerprint density at radius 3 is 2.57 bits per heavy atom. The summed E-state index contributed by atoms with van der Waals surface area (Å²) in [6, 6.07) is 16.6. The molecule has 3 rings (SSSR count). The van der Waals surface area contributed by atoms with Gasteiger partial charge in [0.2, 0.25) is 5.91 Å². The van der Waals surface area contributed by atoms with Crippen LogP contribution in [0.25, 0.3) is 0 Å². The number of amides is 2. The molecule has 0 atom stereocenters. The van der Waals surface area contributed by atoms with E-state index in [1.54, 1.807) is 42.7 Å². The van der Waals surface area contributed by atoms with Crippen molar-refractivity contribution in [1.82, 2.24) is 5.32 Å². The van der Waals surface area contributed by atoms with Crippen LogP contribution in [0.5, 0.6) is 0 Å². The monoisotopic (exact) mass is 394 g/mol. The number of aryl methyl sites for hydroxylation is 2. The molecule has 5 nitrogen and oxygen atoms in total. The van der Waals surface area contributed by atoms with Crippen molar-refractivity contribution in [2.75, 3.05) is 11.1 Å². The fraction of sp³-hybridized carbons (Fsp3) is 0.182. The highest BCUT2D eigenvalue weighted by atomic mass is 32.2. The molecule has 6 heteroatoms. The number of hydrogen-bond donors (Lipinski definition) is 2. The van der Waals surface area contributed by atoms with Crippen molar-refractivity contribution in [3.8, 4) is 0 Å². The fourth-order valence-corrected chi connectivity index (χ4v) is 3.40. The number of carbonyl (C=O) groups is 2. The van der Waals surface area contributed by atoms with Gasteiger partial charge in [0.15, 0.2) is 0 Å². The molecule has 2 N–H and O–H groups in total. The van der Waals surface area contributed by atoms with E-state index in [0.29, 0.717) is 17.0 Å². The predicted molar refractivity (Wildman–Crippen MR) is 112 cm³/mol. The molecule has 0 aliphatic carbocycles. The zero-order valence-corrected chi connectivity index (χ0v) is 16.6. The lowest BCUT2D eigenvalue weighted by Crippen LogP contribution is -2.25. The molecule has 0 radical (unpaired) electrons. The number of nitrogens with one attached hydrogen (secondary N) is 2.